The summed E-state index contributed by atoms with van der Waals surface area (Å²) in [5, 5.41) is 8.63. The quantitative estimate of drug-likeness (QED) is 0.330. The maximum Gasteiger partial charge on any atom is 0.193 e. The summed E-state index contributed by atoms with van der Waals surface area (Å²) in [7, 11) is 3.46. The normalized spacial score (nSPS) is 11.2. The summed E-state index contributed by atoms with van der Waals surface area (Å²) in [6.07, 6.45) is 4.91. The average Bonchev–Trinajstić information content (AvgIpc) is 3.19. The number of para-hydroxylation sites is 1. The Labute approximate surface area is 168 Å². The van der Waals surface area contributed by atoms with E-state index in [2.05, 4.69) is 26.7 Å². The number of benzene rings is 1. The number of nitrogens with one attached hydrogen (secondary N) is 2. The minimum absolute atomic E-state index is 0. The lowest BCUT2D eigenvalue weighted by molar-refractivity contribution is 0.409. The van der Waals surface area contributed by atoms with Crippen LogP contribution < -0.4 is 15.4 Å². The molecule has 8 heteroatoms. The van der Waals surface area contributed by atoms with E-state index in [9.17, 15) is 0 Å². The first-order chi connectivity index (χ1) is 11.8. The number of hydrogen-bond donors (Lipinski definition) is 2. The summed E-state index contributed by atoms with van der Waals surface area (Å²) in [6, 6.07) is 8.06. The third kappa shape index (κ3) is 5.08. The minimum atomic E-state index is 0. The molecule has 6 nitrogen and oxygen atoms in total. The van der Waals surface area contributed by atoms with Crippen molar-refractivity contribution in [2.45, 2.75) is 13.0 Å². The molecule has 25 heavy (non-hydrogen) atoms. The molecule has 0 aliphatic rings. The number of imidazole rings is 1. The number of aliphatic imine (C=N–C) groups is 1. The van der Waals surface area contributed by atoms with Crippen LogP contribution >= 0.6 is 35.3 Å². The van der Waals surface area contributed by atoms with Crippen molar-refractivity contribution in [2.24, 2.45) is 4.99 Å². The van der Waals surface area contributed by atoms with Crippen LogP contribution in [0.1, 0.15) is 11.3 Å². The molecule has 2 aromatic heterocycles. The van der Waals surface area contributed by atoms with Gasteiger partial charge < -0.3 is 15.4 Å². The fourth-order valence-electron chi connectivity index (χ4n) is 2.48. The van der Waals surface area contributed by atoms with Gasteiger partial charge in [-0.05, 0) is 18.1 Å². The molecule has 3 aromatic rings. The van der Waals surface area contributed by atoms with Gasteiger partial charge in [0.2, 0.25) is 0 Å². The van der Waals surface area contributed by atoms with Crippen molar-refractivity contribution in [2.75, 3.05) is 20.7 Å². The molecule has 0 unspecified atom stereocenters. The van der Waals surface area contributed by atoms with Crippen LogP contribution in [-0.4, -0.2) is 36.0 Å². The SMILES string of the molecule is CN=C(NCCc1ccccc1OC)NCc1cn2ccsc2n1.I. The lowest BCUT2D eigenvalue weighted by Gasteiger charge is -2.12. The highest BCUT2D eigenvalue weighted by Crippen LogP contribution is 2.17. The first kappa shape index (κ1) is 19.5. The van der Waals surface area contributed by atoms with Crippen LogP contribution in [0.3, 0.4) is 0 Å². The van der Waals surface area contributed by atoms with Crippen LogP contribution in [0, 0.1) is 0 Å². The predicted molar refractivity (Wildman–Crippen MR) is 113 cm³/mol. The number of fused-ring (bicyclic) bond motifs is 1. The molecule has 0 radical (unpaired) electrons. The van der Waals surface area contributed by atoms with E-state index in [1.165, 1.54) is 5.56 Å². The molecule has 0 fully saturated rings. The summed E-state index contributed by atoms with van der Waals surface area (Å²) in [5.41, 5.74) is 2.17. The minimum Gasteiger partial charge on any atom is -0.496 e. The highest BCUT2D eigenvalue weighted by Gasteiger charge is 2.05. The zero-order valence-corrected chi connectivity index (χ0v) is 17.4. The first-order valence-corrected chi connectivity index (χ1v) is 8.65. The largest absolute Gasteiger partial charge is 0.496 e. The second kappa shape index (κ2) is 9.62. The van der Waals surface area contributed by atoms with Gasteiger partial charge in [0.05, 0.1) is 19.3 Å². The number of ether oxygens (including phenoxy) is 1. The monoisotopic (exact) mass is 471 g/mol. The zero-order valence-electron chi connectivity index (χ0n) is 14.2. The maximum atomic E-state index is 5.37. The van der Waals surface area contributed by atoms with Crippen LogP contribution in [0.5, 0.6) is 5.75 Å². The third-order valence-corrected chi connectivity index (χ3v) is 4.45. The van der Waals surface area contributed by atoms with Gasteiger partial charge in [-0.3, -0.25) is 9.39 Å². The van der Waals surface area contributed by atoms with Gasteiger partial charge in [0.25, 0.3) is 0 Å². The van der Waals surface area contributed by atoms with Crippen LogP contribution in [-0.2, 0) is 13.0 Å². The molecule has 0 aliphatic carbocycles. The molecular weight excluding hydrogens is 449 g/mol. The van der Waals surface area contributed by atoms with Gasteiger partial charge in [-0.1, -0.05) is 18.2 Å². The van der Waals surface area contributed by atoms with E-state index in [0.29, 0.717) is 6.54 Å². The van der Waals surface area contributed by atoms with Gasteiger partial charge in [0, 0.05) is 31.4 Å². The van der Waals surface area contributed by atoms with Crippen LogP contribution in [0.25, 0.3) is 4.96 Å². The van der Waals surface area contributed by atoms with E-state index in [-0.39, 0.29) is 24.0 Å². The molecule has 0 saturated carbocycles. The Morgan fingerprint density at radius 3 is 2.92 bits per heavy atom. The topological polar surface area (TPSA) is 63.0 Å². The summed E-state index contributed by atoms with van der Waals surface area (Å²) < 4.78 is 7.40. The Morgan fingerprint density at radius 2 is 2.16 bits per heavy atom. The lowest BCUT2D eigenvalue weighted by atomic mass is 10.1. The molecule has 2 N–H and O–H groups in total. The van der Waals surface area contributed by atoms with Gasteiger partial charge in [-0.25, -0.2) is 4.98 Å². The summed E-state index contributed by atoms with van der Waals surface area (Å²) in [6.45, 7) is 1.42. The van der Waals surface area contributed by atoms with E-state index in [4.69, 9.17) is 4.74 Å². The van der Waals surface area contributed by atoms with Crippen molar-refractivity contribution in [3.05, 3.63) is 53.3 Å². The molecular formula is C17H22IN5OS. The molecule has 0 bridgehead atoms. The van der Waals surface area contributed by atoms with Gasteiger partial charge in [0.1, 0.15) is 5.75 Å². The van der Waals surface area contributed by atoms with E-state index in [0.717, 1.165) is 35.3 Å². The third-order valence-electron chi connectivity index (χ3n) is 3.68. The van der Waals surface area contributed by atoms with Crippen molar-refractivity contribution < 1.29 is 4.74 Å². The number of guanidine groups is 1. The number of rotatable bonds is 6. The molecule has 0 aliphatic heterocycles. The first-order valence-electron chi connectivity index (χ1n) is 7.77. The zero-order chi connectivity index (χ0) is 16.8. The van der Waals surface area contributed by atoms with Crippen molar-refractivity contribution in [1.82, 2.24) is 20.0 Å². The van der Waals surface area contributed by atoms with Crippen molar-refractivity contribution in [1.29, 1.82) is 0 Å². The molecule has 0 atom stereocenters. The molecule has 1 aromatic carbocycles. The van der Waals surface area contributed by atoms with E-state index in [1.54, 1.807) is 25.5 Å². The van der Waals surface area contributed by atoms with Gasteiger partial charge >= 0.3 is 0 Å². The van der Waals surface area contributed by atoms with Crippen LogP contribution in [0.2, 0.25) is 0 Å². The number of aromatic nitrogens is 2. The number of methoxy groups -OCH3 is 1. The highest BCUT2D eigenvalue weighted by atomic mass is 127. The van der Waals surface area contributed by atoms with Gasteiger partial charge in [-0.2, -0.15) is 0 Å². The summed E-state index contributed by atoms with van der Waals surface area (Å²) in [4.78, 5) is 9.80. The number of halogens is 1. The van der Waals surface area contributed by atoms with E-state index < -0.39 is 0 Å². The number of hydrogen-bond acceptors (Lipinski definition) is 4. The summed E-state index contributed by atoms with van der Waals surface area (Å²) in [5.74, 6) is 1.68. The van der Waals surface area contributed by atoms with Crippen molar-refractivity contribution >= 4 is 46.2 Å². The fraction of sp³-hybridized carbons (Fsp3) is 0.294. The second-order valence-electron chi connectivity index (χ2n) is 5.24. The van der Waals surface area contributed by atoms with Crippen LogP contribution in [0.15, 0.2) is 47.0 Å². The molecule has 0 saturated heterocycles. The predicted octanol–water partition coefficient (Wildman–Crippen LogP) is 2.93. The Morgan fingerprint density at radius 1 is 1.32 bits per heavy atom. The van der Waals surface area contributed by atoms with Crippen molar-refractivity contribution in [3.8, 4) is 5.75 Å². The Hall–Kier alpha value is -1.81. The summed E-state index contributed by atoms with van der Waals surface area (Å²) >= 11 is 1.63. The highest BCUT2D eigenvalue weighted by molar-refractivity contribution is 14.0. The van der Waals surface area contributed by atoms with Gasteiger partial charge in [0.15, 0.2) is 10.9 Å². The average molecular weight is 471 g/mol. The molecule has 2 heterocycles. The Bertz CT molecular complexity index is 801. The Balaban J connectivity index is 0.00000225. The molecule has 134 valence electrons. The second-order valence-corrected chi connectivity index (χ2v) is 6.11. The smallest absolute Gasteiger partial charge is 0.193 e. The fourth-order valence-corrected chi connectivity index (χ4v) is 3.20. The van der Waals surface area contributed by atoms with E-state index in [1.807, 2.05) is 40.4 Å². The maximum absolute atomic E-state index is 5.37. The lowest BCUT2D eigenvalue weighted by Crippen LogP contribution is -2.37. The standard InChI is InChI=1S/C17H21N5OS.HI/c1-18-16(19-8-7-13-5-3-4-6-15(13)23-2)20-11-14-12-22-9-10-24-17(22)21-14;/h3-6,9-10,12H,7-8,11H2,1-2H3,(H2,18,19,20);1H. The molecule has 0 spiro atoms. The van der Waals surface area contributed by atoms with Crippen molar-refractivity contribution in [3.63, 3.8) is 0 Å². The van der Waals surface area contributed by atoms with Gasteiger partial charge in [-0.15, -0.1) is 35.3 Å². The number of nitrogens with zero attached hydrogens (tertiary/aromatic N) is 3. The number of thiazole rings is 1. The Kier molecular flexibility index (Phi) is 7.51. The molecule has 3 rings (SSSR count). The van der Waals surface area contributed by atoms with Crippen LogP contribution in [0.4, 0.5) is 0 Å². The van der Waals surface area contributed by atoms with E-state index >= 15 is 0 Å². The molecule has 0 amide bonds.